The van der Waals surface area contributed by atoms with Gasteiger partial charge in [0.05, 0.1) is 33.5 Å². The molecule has 65 heavy (non-hydrogen) atoms. The molecule has 3 rings (SSSR count). The van der Waals surface area contributed by atoms with Crippen molar-refractivity contribution in [3.63, 3.8) is 0 Å². The normalized spacial score (nSPS) is 20.9. The predicted octanol–water partition coefficient (Wildman–Crippen LogP) is 0.0546. The highest BCUT2D eigenvalue weighted by molar-refractivity contribution is 8.13. The second-order valence-corrected chi connectivity index (χ2v) is 21.7. The third-order valence-electron chi connectivity index (χ3n) is 9.96. The van der Waals surface area contributed by atoms with Crippen LogP contribution in [0, 0.1) is 11.3 Å². The van der Waals surface area contributed by atoms with Gasteiger partial charge in [-0.15, -0.1) is 0 Å². The van der Waals surface area contributed by atoms with Gasteiger partial charge in [-0.25, -0.2) is 19.3 Å². The molecule has 7 N–H and O–H groups in total. The molecule has 0 aromatic carbocycles. The molecule has 25 nitrogen and oxygen atoms in total. The number of imidazole rings is 1. The summed E-state index contributed by atoms with van der Waals surface area (Å²) in [5, 5.41) is 36.3. The Morgan fingerprint density at radius 2 is 1.57 bits per heavy atom. The molecule has 0 saturated carbocycles. The molecule has 0 radical (unpaired) electrons. The first-order chi connectivity index (χ1) is 30.3. The van der Waals surface area contributed by atoms with E-state index in [0.29, 0.717) is 6.42 Å². The van der Waals surface area contributed by atoms with E-state index in [1.165, 1.54) is 46.0 Å². The fourth-order valence-corrected chi connectivity index (χ4v) is 9.92. The van der Waals surface area contributed by atoms with Gasteiger partial charge in [0.25, 0.3) is 15.6 Å². The van der Waals surface area contributed by atoms with E-state index in [1.54, 1.807) is 0 Å². The smallest absolute Gasteiger partial charge is 0.274 e. The third-order valence-corrected chi connectivity index (χ3v) is 13.9. The van der Waals surface area contributed by atoms with Crippen LogP contribution in [0.1, 0.15) is 105 Å². The molecule has 2 aromatic rings. The number of aliphatic hydroxyl groups is 3. The van der Waals surface area contributed by atoms with E-state index >= 15 is 0 Å². The maximum atomic E-state index is 12.6. The summed E-state index contributed by atoms with van der Waals surface area (Å²) in [6.07, 6.45) is 1.28. The van der Waals surface area contributed by atoms with E-state index in [1.807, 2.05) is 0 Å². The second kappa shape index (κ2) is 26.3. The summed E-state index contributed by atoms with van der Waals surface area (Å²) in [5.41, 5.74) is 4.06. The lowest BCUT2D eigenvalue weighted by molar-refractivity contribution is -0.347. The summed E-state index contributed by atoms with van der Waals surface area (Å²) in [5.74, 6) is -0.598. The van der Waals surface area contributed by atoms with E-state index in [2.05, 4.69) is 57.3 Å². The first-order valence-electron chi connectivity index (χ1n) is 21.0. The van der Waals surface area contributed by atoms with Gasteiger partial charge in [0.1, 0.15) is 36.3 Å². The van der Waals surface area contributed by atoms with Crippen molar-refractivity contribution in [3.05, 3.63) is 12.7 Å². The van der Waals surface area contributed by atoms with Crippen molar-refractivity contribution in [2.45, 2.75) is 135 Å². The van der Waals surface area contributed by atoms with Gasteiger partial charge in [0, 0.05) is 37.1 Å². The number of rotatable bonds is 31. The predicted molar refractivity (Wildman–Crippen MR) is 225 cm³/mol. The number of phosphoric ester groups is 3. The fourth-order valence-electron chi connectivity index (χ4n) is 6.44. The Morgan fingerprint density at radius 3 is 2.22 bits per heavy atom. The van der Waals surface area contributed by atoms with E-state index in [4.69, 9.17) is 10.5 Å². The van der Waals surface area contributed by atoms with Gasteiger partial charge in [-0.05, 0) is 12.3 Å². The minimum atomic E-state index is -5.93. The van der Waals surface area contributed by atoms with Crippen LogP contribution in [0.4, 0.5) is 5.82 Å². The molecule has 2 aromatic heterocycles. The Hall–Kier alpha value is -2.48. The van der Waals surface area contributed by atoms with Crippen molar-refractivity contribution >= 4 is 69.1 Å². The summed E-state index contributed by atoms with van der Waals surface area (Å²) < 4.78 is 60.7. The lowest BCUT2D eigenvalue weighted by atomic mass is 9.87. The van der Waals surface area contributed by atoms with Crippen molar-refractivity contribution < 1.29 is 85.6 Å². The fraction of sp³-hybridized carbons (Fsp3) is 0.778. The Morgan fingerprint density at radius 1 is 0.938 bits per heavy atom. The number of nitrogens with one attached hydrogen (secondary N) is 2. The highest BCUT2D eigenvalue weighted by Crippen LogP contribution is 2.56. The molecule has 3 unspecified atom stereocenters. The largest absolute Gasteiger partial charge is 0.790 e. The number of amides is 2. The van der Waals surface area contributed by atoms with Crippen LogP contribution in [0.25, 0.3) is 11.2 Å². The zero-order chi connectivity index (χ0) is 48.6. The van der Waals surface area contributed by atoms with Crippen LogP contribution in [0.2, 0.25) is 0 Å². The summed E-state index contributed by atoms with van der Waals surface area (Å²) in [7, 11) is -17.6. The number of anilines is 1. The van der Waals surface area contributed by atoms with Crippen molar-refractivity contribution in [3.8, 4) is 0 Å². The lowest BCUT2D eigenvalue weighted by Crippen LogP contribution is -2.46. The molecule has 1 aliphatic heterocycles. The second-order valence-electron chi connectivity index (χ2n) is 16.5. The molecule has 1 saturated heterocycles. The average Bonchev–Trinajstić information content (AvgIpc) is 3.76. The molecule has 1 fully saturated rings. The van der Waals surface area contributed by atoms with E-state index in [9.17, 15) is 63.0 Å². The number of nitrogen functional groups attached to an aromatic ring is 1. The van der Waals surface area contributed by atoms with Crippen LogP contribution < -0.4 is 35.9 Å². The molecule has 2 amide bonds. The summed E-state index contributed by atoms with van der Waals surface area (Å²) >= 11 is 0.984. The van der Waals surface area contributed by atoms with Gasteiger partial charge in [0.2, 0.25) is 11.8 Å². The van der Waals surface area contributed by atoms with Crippen LogP contribution in [0.3, 0.4) is 0 Å². The Balaban J connectivity index is 1.35. The van der Waals surface area contributed by atoms with Crippen LogP contribution in [0.5, 0.6) is 0 Å². The Kier molecular flexibility index (Phi) is 23.0. The van der Waals surface area contributed by atoms with Crippen molar-refractivity contribution in [2.75, 3.05) is 37.8 Å². The van der Waals surface area contributed by atoms with Gasteiger partial charge in [0.15, 0.2) is 22.8 Å². The molecule has 29 heteroatoms. The number of aromatic nitrogens is 4. The number of carbonyl (C=O) groups excluding carboxylic acids is 3. The van der Waals surface area contributed by atoms with E-state index < -0.39 is 90.7 Å². The van der Waals surface area contributed by atoms with Gasteiger partial charge in [-0.2, -0.15) is 0 Å². The number of aliphatic hydroxyl groups excluding tert-OH is 3. The number of nitrogens with two attached hydrogens (primary N) is 1. The number of hydrogen-bond donors (Lipinski definition) is 6. The molecule has 0 bridgehead atoms. The highest BCUT2D eigenvalue weighted by Gasteiger charge is 2.47. The molecule has 8 atom stereocenters. The van der Waals surface area contributed by atoms with Crippen LogP contribution in [-0.4, -0.2) is 114 Å². The number of ether oxygens (including phenoxy) is 1. The van der Waals surface area contributed by atoms with Gasteiger partial charge < -0.3 is 74.1 Å². The minimum absolute atomic E-state index is 0.0141. The zero-order valence-corrected chi connectivity index (χ0v) is 40.1. The number of carbonyl (C=O) groups is 3. The Labute approximate surface area is 380 Å². The zero-order valence-electron chi connectivity index (χ0n) is 36.6. The summed E-state index contributed by atoms with van der Waals surface area (Å²) in [6, 6.07) is 0. The topological polar surface area (TPSA) is 395 Å². The molecular formula is C36H60N7O18P3S-4. The number of nitrogens with zero attached hydrogens (tertiary/aromatic N) is 4. The van der Waals surface area contributed by atoms with Crippen molar-refractivity contribution in [2.24, 2.45) is 11.3 Å². The van der Waals surface area contributed by atoms with E-state index in [0.717, 1.165) is 54.2 Å². The van der Waals surface area contributed by atoms with E-state index in [-0.39, 0.29) is 53.8 Å². The summed E-state index contributed by atoms with van der Waals surface area (Å²) in [6.45, 7) is 4.45. The minimum Gasteiger partial charge on any atom is -0.790 e. The molecule has 1 aliphatic rings. The molecule has 372 valence electrons. The summed E-state index contributed by atoms with van der Waals surface area (Å²) in [4.78, 5) is 96.7. The van der Waals surface area contributed by atoms with Gasteiger partial charge in [-0.1, -0.05) is 90.8 Å². The van der Waals surface area contributed by atoms with Gasteiger partial charge in [-0.3, -0.25) is 28.1 Å². The first-order valence-corrected chi connectivity index (χ1v) is 26.3. The molecule has 3 heterocycles. The number of hydrogen-bond acceptors (Lipinski definition) is 23. The van der Waals surface area contributed by atoms with Crippen LogP contribution in [0.15, 0.2) is 12.7 Å². The number of phosphoric acid groups is 3. The standard InChI is InChI=1S/C36H64N7O18P3S/c1-23(2)12-10-8-6-5-7-9-11-13-24(44)18-27(46)65-17-16-38-26(45)14-15-39-34(49)31(48)36(3,4)20-58-64(55,56)61-63(53,54)57-19-25-30(60-62(50,51)52)29(47)35(59-25)43-22-42-28-32(37)40-21-41-33(28)43/h21-25,29-31,35,44,47-48H,5-20H2,1-4H3,(H,38,45)(H,39,49)(H,53,54)(H,55,56)(H2,37,40,41)(H2,50,51,52)/p-4/t24?,25-,29-,30-,31+,35-/m1/s1. The SMILES string of the molecule is CC(C)CCCCCCCCCC(O)CC(=O)SCCNC(=O)CCNC(=O)[C@H](O)C(C)(C)COP(=O)([O-])OP(=O)([O-])OC[C@H]1O[C@@H](n2cnc3c(N)ncnc32)[C@H](O)[C@@H]1OP(=O)([O-])[O-]. The van der Waals surface area contributed by atoms with Crippen molar-refractivity contribution in [1.82, 2.24) is 30.2 Å². The van der Waals surface area contributed by atoms with Crippen LogP contribution in [-0.2, 0) is 50.7 Å². The number of fused-ring (bicyclic) bond motifs is 1. The maximum Gasteiger partial charge on any atom is 0.274 e. The number of thioether (sulfide) groups is 1. The lowest BCUT2D eigenvalue weighted by Gasteiger charge is -2.36. The quantitative estimate of drug-likeness (QED) is 0.0429. The van der Waals surface area contributed by atoms with Crippen molar-refractivity contribution in [1.29, 1.82) is 0 Å². The highest BCUT2D eigenvalue weighted by atomic mass is 32.2. The molecule has 0 spiro atoms. The van der Waals surface area contributed by atoms with Crippen LogP contribution >= 0.6 is 35.2 Å². The molecule has 0 aliphatic carbocycles. The average molecular weight is 1000 g/mol. The third kappa shape index (κ3) is 20.3. The number of unbranched alkanes of at least 4 members (excludes halogenated alkanes) is 6. The first kappa shape index (κ1) is 56.8. The monoisotopic (exact) mass is 1000 g/mol. The van der Waals surface area contributed by atoms with Gasteiger partial charge >= 0.3 is 0 Å². The maximum absolute atomic E-state index is 12.6. The molecular weight excluding hydrogens is 943 g/mol. The Bertz CT molecular complexity index is 1990.